The average Bonchev–Trinajstić information content (AvgIpc) is 2.45. The minimum absolute atomic E-state index is 0.0402. The van der Waals surface area contributed by atoms with E-state index >= 15 is 0 Å². The number of rotatable bonds is 5. The molecule has 1 fully saturated rings. The van der Waals surface area contributed by atoms with E-state index < -0.39 is 5.54 Å². The first kappa shape index (κ1) is 15.9. The highest BCUT2D eigenvalue weighted by atomic mass is 16.5. The highest BCUT2D eigenvalue weighted by molar-refractivity contribution is 5.88. The maximum Gasteiger partial charge on any atom is 0.241 e. The molecule has 1 aliphatic carbocycles. The molecular weight excluding hydrogens is 266 g/mol. The normalized spacial score (nSPS) is 27.0. The van der Waals surface area contributed by atoms with E-state index in [1.165, 1.54) is 0 Å². The first-order valence-electron chi connectivity index (χ1n) is 7.41. The van der Waals surface area contributed by atoms with Crippen LogP contribution in [0.2, 0.25) is 0 Å². The number of nitrogens with two attached hydrogens (primary N) is 1. The zero-order chi connectivity index (χ0) is 15.7. The Bertz CT molecular complexity index is 530. The summed E-state index contributed by atoms with van der Waals surface area (Å²) >= 11 is 0. The molecule has 1 saturated carbocycles. The Hall–Kier alpha value is -1.46. The van der Waals surface area contributed by atoms with E-state index in [2.05, 4.69) is 10.3 Å². The largest absolute Gasteiger partial charge is 0.378 e. The lowest BCUT2D eigenvalue weighted by Crippen LogP contribution is -2.75. The molecule has 1 aromatic heterocycles. The summed E-state index contributed by atoms with van der Waals surface area (Å²) in [7, 11) is 0. The number of amides is 1. The fraction of sp³-hybridized carbons (Fsp3) is 0.625. The molecular formula is C16H25N3O2. The number of carbonyl (C=O) groups is 1. The van der Waals surface area contributed by atoms with Gasteiger partial charge in [0.15, 0.2) is 0 Å². The van der Waals surface area contributed by atoms with E-state index in [9.17, 15) is 4.79 Å². The van der Waals surface area contributed by atoms with E-state index in [-0.39, 0.29) is 17.4 Å². The SMILES string of the molecule is CCOC1CC(N)(C(=O)NCc2cnccc2C)C1(C)C. The molecule has 21 heavy (non-hydrogen) atoms. The Labute approximate surface area is 126 Å². The van der Waals surface area contributed by atoms with Gasteiger partial charge >= 0.3 is 0 Å². The third-order valence-corrected chi connectivity index (χ3v) is 4.82. The Kier molecular flexibility index (Phi) is 4.35. The quantitative estimate of drug-likeness (QED) is 0.862. The summed E-state index contributed by atoms with van der Waals surface area (Å²) in [5.74, 6) is -0.119. The van der Waals surface area contributed by atoms with E-state index in [4.69, 9.17) is 10.5 Å². The van der Waals surface area contributed by atoms with E-state index in [1.54, 1.807) is 12.4 Å². The number of aromatic nitrogens is 1. The molecule has 5 nitrogen and oxygen atoms in total. The van der Waals surface area contributed by atoms with Gasteiger partial charge in [-0.25, -0.2) is 0 Å². The molecule has 5 heteroatoms. The van der Waals surface area contributed by atoms with Gasteiger partial charge in [0.2, 0.25) is 5.91 Å². The number of carbonyl (C=O) groups excluding carboxylic acids is 1. The van der Waals surface area contributed by atoms with Gasteiger partial charge in [0, 0.05) is 37.4 Å². The van der Waals surface area contributed by atoms with Gasteiger partial charge in [-0.2, -0.15) is 0 Å². The third-order valence-electron chi connectivity index (χ3n) is 4.82. The molecule has 2 rings (SSSR count). The summed E-state index contributed by atoms with van der Waals surface area (Å²) in [6, 6.07) is 1.93. The molecule has 3 N–H and O–H groups in total. The Morgan fingerprint density at radius 3 is 2.86 bits per heavy atom. The molecule has 2 unspecified atom stereocenters. The zero-order valence-corrected chi connectivity index (χ0v) is 13.3. The van der Waals surface area contributed by atoms with Crippen molar-refractivity contribution in [2.75, 3.05) is 6.61 Å². The van der Waals surface area contributed by atoms with Gasteiger partial charge in [-0.15, -0.1) is 0 Å². The van der Waals surface area contributed by atoms with Crippen molar-refractivity contribution in [3.8, 4) is 0 Å². The molecule has 0 bridgehead atoms. The maximum absolute atomic E-state index is 12.5. The Balaban J connectivity index is 2.00. The molecule has 0 aromatic carbocycles. The van der Waals surface area contributed by atoms with Crippen molar-refractivity contribution in [2.45, 2.75) is 52.3 Å². The maximum atomic E-state index is 12.5. The lowest BCUT2D eigenvalue weighted by Gasteiger charge is -2.57. The van der Waals surface area contributed by atoms with E-state index in [0.29, 0.717) is 19.6 Å². The first-order chi connectivity index (χ1) is 9.83. The molecule has 1 heterocycles. The number of ether oxygens (including phenoxy) is 1. The number of nitrogens with zero attached hydrogens (tertiary/aromatic N) is 1. The van der Waals surface area contributed by atoms with Crippen LogP contribution in [-0.2, 0) is 16.1 Å². The minimum atomic E-state index is -0.872. The topological polar surface area (TPSA) is 77.2 Å². The first-order valence-corrected chi connectivity index (χ1v) is 7.41. The summed E-state index contributed by atoms with van der Waals surface area (Å²) in [6.45, 7) is 9.03. The van der Waals surface area contributed by atoms with Crippen LogP contribution in [-0.4, -0.2) is 29.1 Å². The summed E-state index contributed by atoms with van der Waals surface area (Å²) in [4.78, 5) is 16.6. The van der Waals surface area contributed by atoms with Crippen molar-refractivity contribution < 1.29 is 9.53 Å². The van der Waals surface area contributed by atoms with Gasteiger partial charge in [0.1, 0.15) is 5.54 Å². The highest BCUT2D eigenvalue weighted by Crippen LogP contribution is 2.49. The smallest absolute Gasteiger partial charge is 0.241 e. The average molecular weight is 291 g/mol. The van der Waals surface area contributed by atoms with Crippen LogP contribution in [0.25, 0.3) is 0 Å². The number of aryl methyl sites for hydroxylation is 1. The van der Waals surface area contributed by atoms with Crippen molar-refractivity contribution in [3.63, 3.8) is 0 Å². The van der Waals surface area contributed by atoms with Crippen molar-refractivity contribution in [2.24, 2.45) is 11.1 Å². The van der Waals surface area contributed by atoms with Crippen molar-refractivity contribution in [1.82, 2.24) is 10.3 Å². The Morgan fingerprint density at radius 2 is 2.29 bits per heavy atom. The summed E-state index contributed by atoms with van der Waals surface area (Å²) in [6.07, 6.45) is 4.12. The number of hydrogen-bond donors (Lipinski definition) is 2. The minimum Gasteiger partial charge on any atom is -0.378 e. The van der Waals surface area contributed by atoms with Gasteiger partial charge in [0.05, 0.1) is 6.10 Å². The third kappa shape index (κ3) is 2.68. The van der Waals surface area contributed by atoms with Gasteiger partial charge in [-0.05, 0) is 31.0 Å². The zero-order valence-electron chi connectivity index (χ0n) is 13.3. The second-order valence-electron chi connectivity index (χ2n) is 6.33. The summed E-state index contributed by atoms with van der Waals surface area (Å²) in [5.41, 5.74) is 7.22. The van der Waals surface area contributed by atoms with Crippen LogP contribution >= 0.6 is 0 Å². The monoisotopic (exact) mass is 291 g/mol. The molecule has 0 saturated heterocycles. The Morgan fingerprint density at radius 1 is 1.57 bits per heavy atom. The van der Waals surface area contributed by atoms with Gasteiger partial charge in [-0.1, -0.05) is 13.8 Å². The number of nitrogens with one attached hydrogen (secondary N) is 1. The molecule has 1 amide bonds. The van der Waals surface area contributed by atoms with E-state index in [0.717, 1.165) is 11.1 Å². The fourth-order valence-corrected chi connectivity index (χ4v) is 2.84. The molecule has 1 aliphatic rings. The highest BCUT2D eigenvalue weighted by Gasteiger charge is 2.62. The van der Waals surface area contributed by atoms with Crippen molar-refractivity contribution in [3.05, 3.63) is 29.6 Å². The number of hydrogen-bond acceptors (Lipinski definition) is 4. The van der Waals surface area contributed by atoms with Crippen LogP contribution in [0.4, 0.5) is 0 Å². The number of pyridine rings is 1. The molecule has 0 radical (unpaired) electrons. The van der Waals surface area contributed by atoms with Crippen LogP contribution in [0.1, 0.15) is 38.3 Å². The lowest BCUT2D eigenvalue weighted by molar-refractivity contribution is -0.170. The predicted molar refractivity (Wildman–Crippen MR) is 81.6 cm³/mol. The van der Waals surface area contributed by atoms with Gasteiger partial charge < -0.3 is 15.8 Å². The standard InChI is InChI=1S/C16H25N3O2/c1-5-21-13-8-16(17,15(13,3)4)14(20)19-10-12-9-18-7-6-11(12)2/h6-7,9,13H,5,8,10,17H2,1-4H3,(H,19,20). The lowest BCUT2D eigenvalue weighted by atomic mass is 9.54. The second-order valence-corrected chi connectivity index (χ2v) is 6.33. The second kappa shape index (κ2) is 5.73. The predicted octanol–water partition coefficient (Wildman–Crippen LogP) is 1.54. The molecule has 1 aromatic rings. The van der Waals surface area contributed by atoms with Crippen LogP contribution in [0.3, 0.4) is 0 Å². The molecule has 0 aliphatic heterocycles. The van der Waals surface area contributed by atoms with Crippen molar-refractivity contribution >= 4 is 5.91 Å². The van der Waals surface area contributed by atoms with Crippen LogP contribution in [0.5, 0.6) is 0 Å². The molecule has 0 spiro atoms. The molecule has 116 valence electrons. The van der Waals surface area contributed by atoms with Crippen LogP contribution in [0, 0.1) is 12.3 Å². The summed E-state index contributed by atoms with van der Waals surface area (Å²) in [5, 5.41) is 2.94. The fourth-order valence-electron chi connectivity index (χ4n) is 2.84. The van der Waals surface area contributed by atoms with Gasteiger partial charge in [-0.3, -0.25) is 9.78 Å². The van der Waals surface area contributed by atoms with Gasteiger partial charge in [0.25, 0.3) is 0 Å². The summed E-state index contributed by atoms with van der Waals surface area (Å²) < 4.78 is 5.65. The van der Waals surface area contributed by atoms with Crippen LogP contribution in [0.15, 0.2) is 18.5 Å². The van der Waals surface area contributed by atoms with E-state index in [1.807, 2.05) is 33.8 Å². The molecule has 2 atom stereocenters. The van der Waals surface area contributed by atoms with Crippen LogP contribution < -0.4 is 11.1 Å². The van der Waals surface area contributed by atoms with Crippen molar-refractivity contribution in [1.29, 1.82) is 0 Å².